The standard InChI is InChI=1S/C41H45F2N4O8PS2/c1-40(2,25-48)39(52)57-19-18-54-56(53,55-31-10-4-3-5-11-31)41(42,43)29-13-16-34-27(20-29)21-35(58-34)36(49)45-32-12-6-9-30-14-15-33(47(30)37(32)50)38(51)46-23-28(24-46)26-8-7-17-44-22-26/h3-5,7-8,10-11,13,16-17,20-22,28,30,32-33,48H,6,9,12,14-15,18-19,23-25H2,1-2H3,(H,45,49)/t30-,32?,33-,56?/m0/s1. The van der Waals surface area contributed by atoms with Crippen LogP contribution in [-0.2, 0) is 29.1 Å². The van der Waals surface area contributed by atoms with E-state index >= 15 is 8.78 Å². The van der Waals surface area contributed by atoms with E-state index in [0.29, 0.717) is 43.5 Å². The highest BCUT2D eigenvalue weighted by Gasteiger charge is 2.57. The number of benzene rings is 2. The number of likely N-dealkylation sites (tertiary alicyclic amines) is 1. The van der Waals surface area contributed by atoms with Gasteiger partial charge in [0.25, 0.3) is 5.91 Å². The molecule has 3 aliphatic rings. The number of carbonyl (C=O) groups is 4. The predicted octanol–water partition coefficient (Wildman–Crippen LogP) is 7.18. The highest BCUT2D eigenvalue weighted by molar-refractivity contribution is 8.13. The fourth-order valence-electron chi connectivity index (χ4n) is 7.50. The number of carbonyl (C=O) groups excluding carboxylic acids is 4. The van der Waals surface area contributed by atoms with Crippen LogP contribution in [0.5, 0.6) is 5.75 Å². The minimum atomic E-state index is -5.30. The number of hydrogen-bond acceptors (Lipinski definition) is 11. The van der Waals surface area contributed by atoms with Gasteiger partial charge >= 0.3 is 13.3 Å². The number of amides is 3. The summed E-state index contributed by atoms with van der Waals surface area (Å²) in [6.07, 6.45) is 6.59. The summed E-state index contributed by atoms with van der Waals surface area (Å²) >= 11 is 1.83. The van der Waals surface area contributed by atoms with Crippen molar-refractivity contribution in [3.05, 3.63) is 95.1 Å². The van der Waals surface area contributed by atoms with Crippen LogP contribution in [0.3, 0.4) is 0 Å². The van der Waals surface area contributed by atoms with Crippen molar-refractivity contribution in [2.24, 2.45) is 5.41 Å². The van der Waals surface area contributed by atoms with Crippen molar-refractivity contribution in [3.8, 4) is 5.75 Å². The zero-order valence-corrected chi connectivity index (χ0v) is 34.6. The minimum absolute atomic E-state index is 0.0831. The zero-order valence-electron chi connectivity index (χ0n) is 32.1. The number of aromatic nitrogens is 1. The lowest BCUT2D eigenvalue weighted by Gasteiger charge is -2.42. The van der Waals surface area contributed by atoms with Crippen LogP contribution >= 0.6 is 30.7 Å². The van der Waals surface area contributed by atoms with Gasteiger partial charge in [-0.05, 0) is 93.3 Å². The summed E-state index contributed by atoms with van der Waals surface area (Å²) in [5.74, 6) is -0.955. The topological polar surface area (TPSA) is 155 Å². The molecular weight excluding hydrogens is 810 g/mol. The quantitative estimate of drug-likeness (QED) is 0.0985. The first-order valence-corrected chi connectivity index (χ1v) is 22.6. The first kappa shape index (κ1) is 41.9. The molecule has 2 N–H and O–H groups in total. The molecular formula is C41H45F2N4O8PS2. The van der Waals surface area contributed by atoms with Crippen molar-refractivity contribution < 1.29 is 46.7 Å². The van der Waals surface area contributed by atoms with Gasteiger partial charge in [0, 0.05) is 53.5 Å². The molecule has 0 radical (unpaired) electrons. The van der Waals surface area contributed by atoms with Gasteiger partial charge in [0.2, 0.25) is 11.8 Å². The summed E-state index contributed by atoms with van der Waals surface area (Å²) in [7, 11) is -5.30. The van der Waals surface area contributed by atoms with Gasteiger partial charge in [0.05, 0.1) is 23.5 Å². The molecule has 4 atom stereocenters. The highest BCUT2D eigenvalue weighted by Crippen LogP contribution is 2.66. The molecule has 7 rings (SSSR count). The van der Waals surface area contributed by atoms with E-state index in [1.54, 1.807) is 35.9 Å². The summed E-state index contributed by atoms with van der Waals surface area (Å²) in [5.41, 5.74) is -4.82. The van der Waals surface area contributed by atoms with E-state index in [-0.39, 0.29) is 50.7 Å². The lowest BCUT2D eigenvalue weighted by molar-refractivity contribution is -0.148. The van der Waals surface area contributed by atoms with Gasteiger partial charge in [0.1, 0.15) is 17.8 Å². The Kier molecular flexibility index (Phi) is 12.4. The lowest BCUT2D eigenvalue weighted by atomic mass is 9.92. The van der Waals surface area contributed by atoms with Gasteiger partial charge < -0.3 is 24.7 Å². The SMILES string of the molecule is CC(C)(CO)C(=O)SCCOP(=O)(Oc1ccccc1)C(F)(F)c1ccc2sc(C(=O)NC3CCC[C@H]4CC[C@@H](C(=O)N5CC(c6cccnc6)C5)N4C3=O)cc2c1. The fourth-order valence-corrected chi connectivity index (χ4v) is 10.9. The Morgan fingerprint density at radius 2 is 1.81 bits per heavy atom. The smallest absolute Gasteiger partial charge is 0.420 e. The average Bonchev–Trinajstić information content (AvgIpc) is 3.80. The number of hydrogen-bond donors (Lipinski definition) is 2. The Bertz CT molecular complexity index is 2210. The molecule has 3 saturated heterocycles. The zero-order chi connectivity index (χ0) is 41.2. The van der Waals surface area contributed by atoms with Crippen molar-refractivity contribution >= 4 is 63.6 Å². The van der Waals surface area contributed by atoms with Crippen LogP contribution in [0.2, 0.25) is 0 Å². The van der Waals surface area contributed by atoms with Gasteiger partial charge in [0.15, 0.2) is 5.12 Å². The van der Waals surface area contributed by atoms with Gasteiger partial charge in [-0.2, -0.15) is 8.78 Å². The van der Waals surface area contributed by atoms with E-state index in [1.807, 2.05) is 18.3 Å². The van der Waals surface area contributed by atoms with E-state index in [1.165, 1.54) is 36.4 Å². The average molecular weight is 855 g/mol. The molecule has 308 valence electrons. The number of fused-ring (bicyclic) bond motifs is 2. The van der Waals surface area contributed by atoms with Crippen molar-refractivity contribution in [1.29, 1.82) is 0 Å². The number of nitrogens with zero attached hydrogens (tertiary/aromatic N) is 3. The van der Waals surface area contributed by atoms with Gasteiger partial charge in [-0.25, -0.2) is 4.57 Å². The molecule has 3 aliphatic heterocycles. The lowest BCUT2D eigenvalue weighted by Crippen LogP contribution is -2.58. The number of thioether (sulfide) groups is 1. The number of aliphatic hydroxyl groups excluding tert-OH is 1. The molecule has 2 unspecified atom stereocenters. The number of rotatable bonds is 14. The minimum Gasteiger partial charge on any atom is -0.420 e. The number of pyridine rings is 1. The van der Waals surface area contributed by atoms with E-state index in [9.17, 15) is 28.8 Å². The molecule has 17 heteroatoms. The molecule has 0 spiro atoms. The fraction of sp³-hybridized carbons (Fsp3) is 0.439. The van der Waals surface area contributed by atoms with Crippen LogP contribution in [-0.4, -0.2) is 92.9 Å². The van der Waals surface area contributed by atoms with E-state index < -0.39 is 55.4 Å². The summed E-state index contributed by atoms with van der Waals surface area (Å²) in [5, 5.41) is 12.2. The number of aliphatic hydroxyl groups is 1. The van der Waals surface area contributed by atoms with Gasteiger partial charge in [-0.3, -0.25) is 28.7 Å². The Hall–Kier alpha value is -4.21. The second-order valence-corrected chi connectivity index (χ2v) is 19.6. The van der Waals surface area contributed by atoms with E-state index in [0.717, 1.165) is 47.2 Å². The van der Waals surface area contributed by atoms with E-state index in [4.69, 9.17) is 9.05 Å². The van der Waals surface area contributed by atoms with Crippen LogP contribution in [0.25, 0.3) is 10.1 Å². The van der Waals surface area contributed by atoms with Gasteiger partial charge in [-0.1, -0.05) is 42.1 Å². The molecule has 2 aromatic carbocycles. The molecule has 0 bridgehead atoms. The monoisotopic (exact) mass is 854 g/mol. The Morgan fingerprint density at radius 3 is 2.53 bits per heavy atom. The van der Waals surface area contributed by atoms with Crippen LogP contribution in [0.15, 0.2) is 79.1 Å². The number of halogens is 2. The van der Waals surface area contributed by atoms with Crippen molar-refractivity contribution in [2.45, 2.75) is 75.7 Å². The Balaban J connectivity index is 1.04. The summed E-state index contributed by atoms with van der Waals surface area (Å²) in [6, 6.07) is 14.8. The molecule has 4 aromatic rings. The summed E-state index contributed by atoms with van der Waals surface area (Å²) < 4.78 is 58.1. The normalized spacial score (nSPS) is 21.2. The van der Waals surface area contributed by atoms with Crippen LogP contribution in [0.4, 0.5) is 8.78 Å². The predicted molar refractivity (Wildman–Crippen MR) is 217 cm³/mol. The molecule has 3 amide bonds. The Labute approximate surface area is 343 Å². The second kappa shape index (κ2) is 17.2. The molecule has 5 heterocycles. The van der Waals surface area contributed by atoms with Gasteiger partial charge in [-0.15, -0.1) is 11.3 Å². The largest absolute Gasteiger partial charge is 0.453 e. The number of thiophene rings is 1. The van der Waals surface area contributed by atoms with E-state index in [2.05, 4.69) is 10.3 Å². The maximum absolute atomic E-state index is 16.4. The first-order valence-electron chi connectivity index (χ1n) is 19.2. The molecule has 2 aromatic heterocycles. The van der Waals surface area contributed by atoms with Crippen LogP contribution in [0.1, 0.15) is 72.7 Å². The van der Waals surface area contributed by atoms with Crippen LogP contribution < -0.4 is 9.84 Å². The Morgan fingerprint density at radius 1 is 1.03 bits per heavy atom. The molecule has 12 nitrogen and oxygen atoms in total. The third-order valence-corrected chi connectivity index (χ3v) is 15.2. The second-order valence-electron chi connectivity index (χ2n) is 15.5. The molecule has 0 aliphatic carbocycles. The van der Waals surface area contributed by atoms with Crippen molar-refractivity contribution in [2.75, 3.05) is 32.1 Å². The van der Waals surface area contributed by atoms with Crippen LogP contribution in [0, 0.1) is 5.41 Å². The summed E-state index contributed by atoms with van der Waals surface area (Å²) in [4.78, 5) is 61.7. The number of alkyl halides is 2. The maximum Gasteiger partial charge on any atom is 0.453 e. The molecule has 3 fully saturated rings. The third-order valence-electron chi connectivity index (χ3n) is 11.0. The first-order chi connectivity index (χ1) is 27.7. The van der Waals surface area contributed by atoms with Crippen molar-refractivity contribution in [1.82, 2.24) is 20.1 Å². The number of para-hydroxylation sites is 1. The maximum atomic E-state index is 16.4. The molecule has 58 heavy (non-hydrogen) atoms. The number of nitrogens with one attached hydrogen (secondary N) is 1. The third kappa shape index (κ3) is 8.58. The highest BCUT2D eigenvalue weighted by atomic mass is 32.2. The molecule has 0 saturated carbocycles. The van der Waals surface area contributed by atoms with Crippen molar-refractivity contribution in [3.63, 3.8) is 0 Å². The summed E-state index contributed by atoms with van der Waals surface area (Å²) in [6.45, 7) is 3.29.